The van der Waals surface area contributed by atoms with E-state index in [1.165, 1.54) is 30.0 Å². The Hall–Kier alpha value is -3.57. The van der Waals surface area contributed by atoms with E-state index in [1.54, 1.807) is 31.4 Å². The van der Waals surface area contributed by atoms with Gasteiger partial charge in [-0.2, -0.15) is 0 Å². The van der Waals surface area contributed by atoms with Crippen molar-refractivity contribution in [2.75, 3.05) is 54.6 Å². The molecular weight excluding hydrogens is 510 g/mol. The van der Waals surface area contributed by atoms with Crippen LogP contribution in [0.2, 0.25) is 0 Å². The number of thioether (sulfide) groups is 1. The van der Waals surface area contributed by atoms with E-state index < -0.39 is 0 Å². The van der Waals surface area contributed by atoms with Crippen molar-refractivity contribution in [2.45, 2.75) is 17.7 Å². The lowest BCUT2D eigenvalue weighted by Crippen LogP contribution is -2.49. The highest BCUT2D eigenvalue weighted by atomic mass is 32.2. The molecule has 0 spiro atoms. The van der Waals surface area contributed by atoms with Crippen LogP contribution >= 0.6 is 23.1 Å². The smallest absolute Gasteiger partial charge is 0.234 e. The van der Waals surface area contributed by atoms with Gasteiger partial charge in [0.25, 0.3) is 0 Å². The van der Waals surface area contributed by atoms with Crippen LogP contribution in [0.4, 0.5) is 17.1 Å². The zero-order chi connectivity index (χ0) is 26.2. The molecule has 3 amide bonds. The number of rotatable bonds is 9. The lowest BCUT2D eigenvalue weighted by atomic mass is 10.2. The molecule has 4 rings (SSSR count). The molecular formula is C26H29N5O4S2. The molecule has 1 aromatic heterocycles. The number of nitrogens with one attached hydrogen (secondary N) is 2. The van der Waals surface area contributed by atoms with E-state index in [0.29, 0.717) is 24.5 Å². The normalized spacial score (nSPS) is 13.2. The van der Waals surface area contributed by atoms with Gasteiger partial charge < -0.3 is 25.2 Å². The van der Waals surface area contributed by atoms with Gasteiger partial charge in [-0.25, -0.2) is 4.98 Å². The number of carbonyl (C=O) groups is 3. The molecule has 9 nitrogen and oxygen atoms in total. The summed E-state index contributed by atoms with van der Waals surface area (Å²) >= 11 is 2.76. The van der Waals surface area contributed by atoms with Crippen molar-refractivity contribution < 1.29 is 19.1 Å². The number of carbonyl (C=O) groups excluding carboxylic acids is 3. The number of hydrogen-bond acceptors (Lipinski definition) is 8. The molecule has 11 heteroatoms. The maximum atomic E-state index is 12.8. The Morgan fingerprint density at radius 2 is 1.76 bits per heavy atom. The van der Waals surface area contributed by atoms with Crippen LogP contribution in [0.25, 0.3) is 0 Å². The van der Waals surface area contributed by atoms with Gasteiger partial charge in [-0.3, -0.25) is 14.4 Å². The van der Waals surface area contributed by atoms with Gasteiger partial charge in [0.15, 0.2) is 4.34 Å². The highest BCUT2D eigenvalue weighted by molar-refractivity contribution is 8.01. The summed E-state index contributed by atoms with van der Waals surface area (Å²) in [5.74, 6) is 0.724. The number of piperazine rings is 1. The Kier molecular flexibility index (Phi) is 9.02. The minimum absolute atomic E-state index is 0.0592. The predicted molar refractivity (Wildman–Crippen MR) is 148 cm³/mol. The first kappa shape index (κ1) is 26.5. The van der Waals surface area contributed by atoms with Gasteiger partial charge in [0.2, 0.25) is 17.7 Å². The average Bonchev–Trinajstić information content (AvgIpc) is 3.34. The van der Waals surface area contributed by atoms with Gasteiger partial charge in [0.1, 0.15) is 5.75 Å². The molecule has 37 heavy (non-hydrogen) atoms. The summed E-state index contributed by atoms with van der Waals surface area (Å²) in [7, 11) is 1.66. The third-order valence-corrected chi connectivity index (χ3v) is 7.78. The van der Waals surface area contributed by atoms with Crippen molar-refractivity contribution in [3.05, 3.63) is 59.6 Å². The number of amides is 3. The second-order valence-corrected chi connectivity index (χ2v) is 10.5. The first-order chi connectivity index (χ1) is 17.9. The van der Waals surface area contributed by atoms with Crippen LogP contribution in [0.5, 0.6) is 5.75 Å². The van der Waals surface area contributed by atoms with Crippen LogP contribution in [0.15, 0.2) is 58.3 Å². The summed E-state index contributed by atoms with van der Waals surface area (Å²) < 4.78 is 6.06. The number of aromatic nitrogens is 1. The van der Waals surface area contributed by atoms with Gasteiger partial charge in [-0.15, -0.1) is 11.3 Å². The van der Waals surface area contributed by atoms with Crippen LogP contribution in [0.3, 0.4) is 0 Å². The van der Waals surface area contributed by atoms with Crippen molar-refractivity contribution in [1.82, 2.24) is 9.88 Å². The number of thiazole rings is 1. The van der Waals surface area contributed by atoms with Gasteiger partial charge >= 0.3 is 0 Å². The fraction of sp³-hybridized carbons (Fsp3) is 0.308. The van der Waals surface area contributed by atoms with E-state index in [2.05, 4.69) is 26.6 Å². The van der Waals surface area contributed by atoms with Crippen molar-refractivity contribution in [3.63, 3.8) is 0 Å². The van der Waals surface area contributed by atoms with E-state index in [-0.39, 0.29) is 29.9 Å². The van der Waals surface area contributed by atoms with E-state index in [0.717, 1.165) is 34.6 Å². The molecule has 0 unspecified atom stereocenters. The van der Waals surface area contributed by atoms with Crippen LogP contribution in [0.1, 0.15) is 12.6 Å². The molecule has 1 fully saturated rings. The summed E-state index contributed by atoms with van der Waals surface area (Å²) in [5.41, 5.74) is 3.04. The standard InChI is InChI=1S/C26H29N5O4S2/c1-18(32)27-19-5-3-6-20(13-19)28-24(33)17-37-26-29-21(16-36-26)14-25(34)31-11-9-30(10-12-31)22-7-4-8-23(15-22)35-2/h3-8,13,15-16H,9-12,14,17H2,1-2H3,(H,27,32)(H,28,33). The Labute approximate surface area is 224 Å². The van der Waals surface area contributed by atoms with Crippen LogP contribution < -0.4 is 20.3 Å². The monoisotopic (exact) mass is 539 g/mol. The molecule has 0 aliphatic carbocycles. The Bertz CT molecular complexity index is 1260. The molecule has 0 radical (unpaired) electrons. The zero-order valence-electron chi connectivity index (χ0n) is 20.7. The molecule has 0 atom stereocenters. The number of hydrogen-bond donors (Lipinski definition) is 2. The molecule has 0 saturated carbocycles. The first-order valence-corrected chi connectivity index (χ1v) is 13.7. The van der Waals surface area contributed by atoms with Gasteiger partial charge in [-0.1, -0.05) is 23.9 Å². The molecule has 1 aliphatic rings. The van der Waals surface area contributed by atoms with E-state index in [1.807, 2.05) is 28.5 Å². The molecule has 2 N–H and O–H groups in total. The molecule has 3 aromatic rings. The van der Waals surface area contributed by atoms with Gasteiger partial charge in [-0.05, 0) is 30.3 Å². The highest BCUT2D eigenvalue weighted by Crippen LogP contribution is 2.25. The summed E-state index contributed by atoms with van der Waals surface area (Å²) in [6, 6.07) is 14.9. The quantitative estimate of drug-likeness (QED) is 0.399. The summed E-state index contributed by atoms with van der Waals surface area (Å²) in [5, 5.41) is 7.39. The van der Waals surface area contributed by atoms with Crippen molar-refractivity contribution in [2.24, 2.45) is 0 Å². The third-order valence-electron chi connectivity index (χ3n) is 5.71. The minimum Gasteiger partial charge on any atom is -0.497 e. The summed E-state index contributed by atoms with van der Waals surface area (Å²) in [6.45, 7) is 4.28. The summed E-state index contributed by atoms with van der Waals surface area (Å²) in [4.78, 5) is 45.1. The molecule has 1 aliphatic heterocycles. The molecule has 2 heterocycles. The fourth-order valence-electron chi connectivity index (χ4n) is 3.93. The van der Waals surface area contributed by atoms with Crippen molar-refractivity contribution in [1.29, 1.82) is 0 Å². The topological polar surface area (TPSA) is 104 Å². The van der Waals surface area contributed by atoms with Crippen molar-refractivity contribution >= 4 is 57.9 Å². The third kappa shape index (κ3) is 7.70. The van der Waals surface area contributed by atoms with Crippen molar-refractivity contribution in [3.8, 4) is 5.75 Å². The number of anilines is 3. The Morgan fingerprint density at radius 3 is 2.49 bits per heavy atom. The number of ether oxygens (including phenoxy) is 1. The van der Waals surface area contributed by atoms with E-state index in [4.69, 9.17) is 4.74 Å². The maximum Gasteiger partial charge on any atom is 0.234 e. The van der Waals surface area contributed by atoms with E-state index >= 15 is 0 Å². The number of nitrogens with zero attached hydrogens (tertiary/aromatic N) is 3. The molecule has 2 aromatic carbocycles. The van der Waals surface area contributed by atoms with Crippen LogP contribution in [0, 0.1) is 0 Å². The maximum absolute atomic E-state index is 12.8. The zero-order valence-corrected chi connectivity index (χ0v) is 22.4. The largest absolute Gasteiger partial charge is 0.497 e. The minimum atomic E-state index is -0.174. The van der Waals surface area contributed by atoms with Gasteiger partial charge in [0.05, 0.1) is 25.0 Å². The highest BCUT2D eigenvalue weighted by Gasteiger charge is 2.22. The Balaban J connectivity index is 1.21. The van der Waals surface area contributed by atoms with Crippen LogP contribution in [-0.2, 0) is 20.8 Å². The Morgan fingerprint density at radius 1 is 1.03 bits per heavy atom. The average molecular weight is 540 g/mol. The second kappa shape index (κ2) is 12.6. The number of benzene rings is 2. The lowest BCUT2D eigenvalue weighted by Gasteiger charge is -2.36. The lowest BCUT2D eigenvalue weighted by molar-refractivity contribution is -0.130. The first-order valence-electron chi connectivity index (χ1n) is 11.8. The van der Waals surface area contributed by atoms with Crippen LogP contribution in [-0.4, -0.2) is 66.6 Å². The molecule has 0 bridgehead atoms. The van der Waals surface area contributed by atoms with E-state index in [9.17, 15) is 14.4 Å². The number of methoxy groups -OCH3 is 1. The second-order valence-electron chi connectivity index (χ2n) is 8.45. The van der Waals surface area contributed by atoms with Gasteiger partial charge in [0, 0.05) is 61.6 Å². The SMILES string of the molecule is COc1cccc(N2CCN(C(=O)Cc3csc(SCC(=O)Nc4cccc(NC(C)=O)c4)n3)CC2)c1. The summed E-state index contributed by atoms with van der Waals surface area (Å²) in [6.07, 6.45) is 0.248. The fourth-order valence-corrected chi connectivity index (χ4v) is 5.57. The predicted octanol–water partition coefficient (Wildman–Crippen LogP) is 3.73. The molecule has 1 saturated heterocycles. The molecule has 194 valence electrons.